The molecule has 134 valence electrons. The van der Waals surface area contributed by atoms with Crippen LogP contribution in [-0.4, -0.2) is 62.6 Å². The maximum atomic E-state index is 9.52. The summed E-state index contributed by atoms with van der Waals surface area (Å²) in [4.78, 5) is 21.2. The lowest BCUT2D eigenvalue weighted by molar-refractivity contribution is -0.122. The number of benzene rings is 1. The molecule has 0 saturated carbocycles. The Morgan fingerprint density at radius 3 is 2.08 bits per heavy atom. The first kappa shape index (κ1) is 18.6. The molecule has 8 nitrogen and oxygen atoms in total. The van der Waals surface area contributed by atoms with Crippen LogP contribution in [0, 0.1) is 0 Å². The van der Waals surface area contributed by atoms with E-state index in [4.69, 9.17) is 15.6 Å². The molecule has 8 heteroatoms. The number of nitrogen functional groups attached to an aromatic ring is 1. The highest BCUT2D eigenvalue weighted by Crippen LogP contribution is 2.15. The van der Waals surface area contributed by atoms with Gasteiger partial charge in [-0.25, -0.2) is 9.97 Å². The molecule has 0 bridgehead atoms. The lowest BCUT2D eigenvalue weighted by Gasteiger charge is -2.34. The molecule has 2 heterocycles. The van der Waals surface area contributed by atoms with Gasteiger partial charge in [0, 0.05) is 57.2 Å². The molecule has 25 heavy (non-hydrogen) atoms. The Kier molecular flexibility index (Phi) is 7.12. The van der Waals surface area contributed by atoms with Crippen LogP contribution in [0.15, 0.2) is 36.7 Å². The Labute approximate surface area is 146 Å². The number of aromatic hydroxyl groups is 1. The number of carbonyl (C=O) groups is 1. The zero-order valence-corrected chi connectivity index (χ0v) is 14.0. The van der Waals surface area contributed by atoms with Crippen molar-refractivity contribution < 1.29 is 15.0 Å². The molecular formula is C17H23N5O3. The van der Waals surface area contributed by atoms with E-state index in [0.717, 1.165) is 50.4 Å². The molecule has 1 aromatic carbocycles. The second-order valence-electron chi connectivity index (χ2n) is 5.78. The minimum absolute atomic E-state index is 0.250. The number of aromatic nitrogens is 2. The molecule has 1 aliphatic rings. The number of hydrogen-bond acceptors (Lipinski definition) is 7. The molecule has 1 fully saturated rings. The number of phenols is 1. The average Bonchev–Trinajstić information content (AvgIpc) is 2.59. The van der Waals surface area contributed by atoms with Crippen molar-refractivity contribution >= 4 is 12.4 Å². The number of rotatable bonds is 4. The summed E-state index contributed by atoms with van der Waals surface area (Å²) in [6.45, 7) is 5.57. The molecule has 0 radical (unpaired) electrons. The summed E-state index contributed by atoms with van der Waals surface area (Å²) in [5.74, 6) is 0.652. The van der Waals surface area contributed by atoms with E-state index in [9.17, 15) is 5.11 Å². The summed E-state index contributed by atoms with van der Waals surface area (Å²) in [5, 5.41) is 16.4. The van der Waals surface area contributed by atoms with E-state index >= 15 is 0 Å². The Hall–Kier alpha value is -2.71. The molecule has 1 aromatic heterocycles. The zero-order chi connectivity index (χ0) is 18.1. The highest BCUT2D eigenvalue weighted by atomic mass is 16.3. The quantitative estimate of drug-likeness (QED) is 0.696. The standard InChI is InChI=1S/C16H21N5O.CH2O2/c17-16-18-9-14(10-19-16)12-21-6-4-20(5-7-21)11-13-2-1-3-15(22)8-13;2-1-3/h1-3,8-10,22H,4-7,11-12H2,(H2,17,18,19);1H,(H,2,3). The number of carboxylic acid groups (broad SMARTS) is 1. The van der Waals surface area contributed by atoms with E-state index in [0.29, 0.717) is 11.7 Å². The van der Waals surface area contributed by atoms with Crippen LogP contribution in [-0.2, 0) is 17.9 Å². The fourth-order valence-corrected chi connectivity index (χ4v) is 2.72. The maximum absolute atomic E-state index is 9.52. The van der Waals surface area contributed by atoms with Crippen molar-refractivity contribution in [1.29, 1.82) is 0 Å². The van der Waals surface area contributed by atoms with Crippen LogP contribution in [0.4, 0.5) is 5.95 Å². The van der Waals surface area contributed by atoms with E-state index in [-0.39, 0.29) is 6.47 Å². The lowest BCUT2D eigenvalue weighted by Crippen LogP contribution is -2.45. The van der Waals surface area contributed by atoms with E-state index in [1.54, 1.807) is 18.5 Å². The molecule has 0 spiro atoms. The van der Waals surface area contributed by atoms with E-state index in [1.807, 2.05) is 12.1 Å². The van der Waals surface area contributed by atoms with Crippen LogP contribution in [0.1, 0.15) is 11.1 Å². The molecular weight excluding hydrogens is 322 g/mol. The van der Waals surface area contributed by atoms with Crippen molar-refractivity contribution in [2.75, 3.05) is 31.9 Å². The van der Waals surface area contributed by atoms with Gasteiger partial charge in [-0.1, -0.05) is 12.1 Å². The van der Waals surface area contributed by atoms with Gasteiger partial charge < -0.3 is 15.9 Å². The summed E-state index contributed by atoms with van der Waals surface area (Å²) >= 11 is 0. The number of nitrogens with zero attached hydrogens (tertiary/aromatic N) is 4. The number of hydrogen-bond donors (Lipinski definition) is 3. The van der Waals surface area contributed by atoms with E-state index in [2.05, 4.69) is 25.8 Å². The van der Waals surface area contributed by atoms with Gasteiger partial charge in [0.15, 0.2) is 0 Å². The highest BCUT2D eigenvalue weighted by molar-refractivity contribution is 5.32. The van der Waals surface area contributed by atoms with Gasteiger partial charge in [0.2, 0.25) is 5.95 Å². The van der Waals surface area contributed by atoms with Crippen LogP contribution in [0.25, 0.3) is 0 Å². The van der Waals surface area contributed by atoms with Crippen molar-refractivity contribution in [2.24, 2.45) is 0 Å². The summed E-state index contributed by atoms with van der Waals surface area (Å²) < 4.78 is 0. The number of anilines is 1. The van der Waals surface area contributed by atoms with Gasteiger partial charge in [-0.15, -0.1) is 0 Å². The Bertz CT molecular complexity index is 658. The van der Waals surface area contributed by atoms with Crippen molar-refractivity contribution in [3.8, 4) is 5.75 Å². The van der Waals surface area contributed by atoms with Gasteiger partial charge in [-0.3, -0.25) is 14.6 Å². The van der Waals surface area contributed by atoms with Crippen LogP contribution in [0.5, 0.6) is 5.75 Å². The first-order chi connectivity index (χ1) is 12.1. The van der Waals surface area contributed by atoms with Crippen LogP contribution >= 0.6 is 0 Å². The molecule has 0 amide bonds. The molecule has 0 atom stereocenters. The Balaban J connectivity index is 0.000000701. The SMILES string of the molecule is Nc1ncc(CN2CCN(Cc3cccc(O)c3)CC2)cn1.O=CO. The van der Waals surface area contributed by atoms with Gasteiger partial charge in [-0.05, 0) is 17.7 Å². The topological polar surface area (TPSA) is 116 Å². The molecule has 3 rings (SSSR count). The van der Waals surface area contributed by atoms with Crippen molar-refractivity contribution in [1.82, 2.24) is 19.8 Å². The van der Waals surface area contributed by atoms with Gasteiger partial charge in [0.25, 0.3) is 6.47 Å². The van der Waals surface area contributed by atoms with Gasteiger partial charge >= 0.3 is 0 Å². The minimum atomic E-state index is -0.250. The fourth-order valence-electron chi connectivity index (χ4n) is 2.72. The Morgan fingerprint density at radius 1 is 1.04 bits per heavy atom. The molecule has 1 saturated heterocycles. The number of piperazine rings is 1. The summed E-state index contributed by atoms with van der Waals surface area (Å²) in [7, 11) is 0. The highest BCUT2D eigenvalue weighted by Gasteiger charge is 2.17. The minimum Gasteiger partial charge on any atom is -0.508 e. The van der Waals surface area contributed by atoms with Crippen LogP contribution in [0.3, 0.4) is 0 Å². The fraction of sp³-hybridized carbons (Fsp3) is 0.353. The van der Waals surface area contributed by atoms with Crippen LogP contribution in [0.2, 0.25) is 0 Å². The summed E-state index contributed by atoms with van der Waals surface area (Å²) in [6.07, 6.45) is 3.59. The lowest BCUT2D eigenvalue weighted by atomic mass is 10.2. The normalized spacial score (nSPS) is 15.2. The van der Waals surface area contributed by atoms with Crippen molar-refractivity contribution in [2.45, 2.75) is 13.1 Å². The number of nitrogens with two attached hydrogens (primary N) is 1. The second-order valence-corrected chi connectivity index (χ2v) is 5.78. The monoisotopic (exact) mass is 345 g/mol. The maximum Gasteiger partial charge on any atom is 0.290 e. The molecule has 0 unspecified atom stereocenters. The third-order valence-corrected chi connectivity index (χ3v) is 3.91. The zero-order valence-electron chi connectivity index (χ0n) is 14.0. The number of phenolic OH excluding ortho intramolecular Hbond substituents is 1. The Morgan fingerprint density at radius 2 is 1.56 bits per heavy atom. The largest absolute Gasteiger partial charge is 0.508 e. The predicted octanol–water partition coefficient (Wildman–Crippen LogP) is 0.783. The first-order valence-corrected chi connectivity index (χ1v) is 7.97. The van der Waals surface area contributed by atoms with Gasteiger partial charge in [-0.2, -0.15) is 0 Å². The molecule has 4 N–H and O–H groups in total. The second kappa shape index (κ2) is 9.55. The summed E-state index contributed by atoms with van der Waals surface area (Å²) in [6, 6.07) is 7.48. The third-order valence-electron chi connectivity index (χ3n) is 3.91. The van der Waals surface area contributed by atoms with Gasteiger partial charge in [0.1, 0.15) is 5.75 Å². The molecule has 1 aliphatic heterocycles. The van der Waals surface area contributed by atoms with Crippen molar-refractivity contribution in [3.05, 3.63) is 47.8 Å². The van der Waals surface area contributed by atoms with Crippen LogP contribution < -0.4 is 5.73 Å². The van der Waals surface area contributed by atoms with E-state index in [1.165, 1.54) is 0 Å². The van der Waals surface area contributed by atoms with E-state index < -0.39 is 0 Å². The summed E-state index contributed by atoms with van der Waals surface area (Å²) in [5.41, 5.74) is 7.75. The molecule has 2 aromatic rings. The third kappa shape index (κ3) is 6.36. The first-order valence-electron chi connectivity index (χ1n) is 7.97. The van der Waals surface area contributed by atoms with Crippen molar-refractivity contribution in [3.63, 3.8) is 0 Å². The average molecular weight is 345 g/mol. The van der Waals surface area contributed by atoms with Gasteiger partial charge in [0.05, 0.1) is 0 Å². The molecule has 0 aliphatic carbocycles. The predicted molar refractivity (Wildman–Crippen MR) is 93.8 cm³/mol. The smallest absolute Gasteiger partial charge is 0.290 e.